The first-order valence-corrected chi connectivity index (χ1v) is 7.15. The summed E-state index contributed by atoms with van der Waals surface area (Å²) in [5, 5.41) is 7.59. The van der Waals surface area contributed by atoms with Gasteiger partial charge < -0.3 is 15.0 Å². The number of ether oxygens (including phenoxy) is 1. The first-order valence-electron chi connectivity index (χ1n) is 6.36. The van der Waals surface area contributed by atoms with Crippen LogP contribution in [0.2, 0.25) is 0 Å². The maximum Gasteiger partial charge on any atom is 0.283 e. The molecule has 2 heterocycles. The van der Waals surface area contributed by atoms with Gasteiger partial charge in [-0.3, -0.25) is 4.79 Å². The maximum atomic E-state index is 12.2. The molecule has 1 fully saturated rings. The fourth-order valence-electron chi connectivity index (χ4n) is 2.16. The van der Waals surface area contributed by atoms with Crippen LogP contribution in [0.1, 0.15) is 6.92 Å². The highest BCUT2D eigenvalue weighted by molar-refractivity contribution is 9.10. The molecule has 1 unspecified atom stereocenters. The summed E-state index contributed by atoms with van der Waals surface area (Å²) in [5.74, 6) is 0. The minimum atomic E-state index is -0.110. The molecule has 2 rings (SSSR count). The predicted octanol–water partition coefficient (Wildman–Crippen LogP) is 0.450. The van der Waals surface area contributed by atoms with Gasteiger partial charge in [0.15, 0.2) is 0 Å². The minimum absolute atomic E-state index is 0.110. The summed E-state index contributed by atoms with van der Waals surface area (Å²) < 4.78 is 6.96. The van der Waals surface area contributed by atoms with Crippen LogP contribution in [-0.4, -0.2) is 49.2 Å². The zero-order valence-corrected chi connectivity index (χ0v) is 12.8. The molecule has 1 saturated heterocycles. The van der Waals surface area contributed by atoms with Crippen molar-refractivity contribution in [2.24, 2.45) is 0 Å². The van der Waals surface area contributed by atoms with E-state index in [0.717, 1.165) is 25.3 Å². The number of nitrogens with one attached hydrogen (secondary N) is 1. The van der Waals surface area contributed by atoms with E-state index >= 15 is 0 Å². The van der Waals surface area contributed by atoms with Gasteiger partial charge in [0.05, 0.1) is 25.0 Å². The Bertz CT molecular complexity index is 491. The molecule has 0 bridgehead atoms. The van der Waals surface area contributed by atoms with Crippen LogP contribution in [0.3, 0.4) is 0 Å². The van der Waals surface area contributed by atoms with Gasteiger partial charge in [-0.1, -0.05) is 0 Å². The molecule has 0 spiro atoms. The van der Waals surface area contributed by atoms with Crippen LogP contribution < -0.4 is 15.8 Å². The molecular weight excluding hydrogens is 312 g/mol. The van der Waals surface area contributed by atoms with E-state index in [4.69, 9.17) is 4.74 Å². The van der Waals surface area contributed by atoms with Crippen LogP contribution >= 0.6 is 15.9 Å². The molecule has 0 saturated carbocycles. The molecule has 6 nitrogen and oxygen atoms in total. The molecule has 1 atom stereocenters. The van der Waals surface area contributed by atoms with Crippen LogP contribution in [0.25, 0.3) is 0 Å². The van der Waals surface area contributed by atoms with Gasteiger partial charge in [0.2, 0.25) is 0 Å². The molecule has 0 amide bonds. The van der Waals surface area contributed by atoms with Gasteiger partial charge in [-0.05, 0) is 22.9 Å². The third-order valence-electron chi connectivity index (χ3n) is 3.18. The van der Waals surface area contributed by atoms with E-state index in [1.54, 1.807) is 13.3 Å². The lowest BCUT2D eigenvalue weighted by molar-refractivity contribution is 0.181. The number of anilines is 1. The van der Waals surface area contributed by atoms with E-state index in [1.807, 2.05) is 0 Å². The van der Waals surface area contributed by atoms with E-state index in [0.29, 0.717) is 23.7 Å². The summed E-state index contributed by atoms with van der Waals surface area (Å²) in [6, 6.07) is 0.413. The van der Waals surface area contributed by atoms with Gasteiger partial charge in [0.25, 0.3) is 5.56 Å². The lowest BCUT2D eigenvalue weighted by Crippen LogP contribution is -2.49. The van der Waals surface area contributed by atoms with E-state index in [-0.39, 0.29) is 5.56 Å². The summed E-state index contributed by atoms with van der Waals surface area (Å²) in [4.78, 5) is 14.4. The molecule has 0 aromatic carbocycles. The Morgan fingerprint density at radius 2 is 2.42 bits per heavy atom. The molecule has 0 radical (unpaired) electrons. The highest BCUT2D eigenvalue weighted by atomic mass is 79.9. The van der Waals surface area contributed by atoms with Crippen molar-refractivity contribution in [3.8, 4) is 0 Å². The van der Waals surface area contributed by atoms with Crippen molar-refractivity contribution in [2.45, 2.75) is 19.5 Å². The topological polar surface area (TPSA) is 59.4 Å². The maximum absolute atomic E-state index is 12.2. The zero-order chi connectivity index (χ0) is 13.8. The van der Waals surface area contributed by atoms with Crippen LogP contribution in [-0.2, 0) is 11.3 Å². The van der Waals surface area contributed by atoms with Crippen molar-refractivity contribution in [1.29, 1.82) is 0 Å². The van der Waals surface area contributed by atoms with Crippen molar-refractivity contribution in [3.63, 3.8) is 0 Å². The standard InChI is InChI=1S/C12H19BrN4O2/c1-9-8-16(4-3-14-9)10-7-15-17(5-6-19-2)12(18)11(10)13/h7,9,14H,3-6,8H2,1-2H3. The summed E-state index contributed by atoms with van der Waals surface area (Å²) in [6.45, 7) is 5.75. The Morgan fingerprint density at radius 1 is 1.63 bits per heavy atom. The van der Waals surface area contributed by atoms with Crippen molar-refractivity contribution in [3.05, 3.63) is 21.0 Å². The first kappa shape index (κ1) is 14.5. The predicted molar refractivity (Wildman–Crippen MR) is 77.8 cm³/mol. The molecular formula is C12H19BrN4O2. The van der Waals surface area contributed by atoms with Crippen molar-refractivity contribution >= 4 is 21.6 Å². The van der Waals surface area contributed by atoms with Crippen molar-refractivity contribution in [2.75, 3.05) is 38.3 Å². The lowest BCUT2D eigenvalue weighted by atomic mass is 10.2. The zero-order valence-electron chi connectivity index (χ0n) is 11.2. The number of piperazine rings is 1. The quantitative estimate of drug-likeness (QED) is 0.868. The molecule has 19 heavy (non-hydrogen) atoms. The molecule has 1 aromatic rings. The van der Waals surface area contributed by atoms with Crippen molar-refractivity contribution in [1.82, 2.24) is 15.1 Å². The SMILES string of the molecule is COCCn1ncc(N2CCNC(C)C2)c(Br)c1=O. The summed E-state index contributed by atoms with van der Waals surface area (Å²) in [6.07, 6.45) is 1.75. The Morgan fingerprint density at radius 3 is 3.11 bits per heavy atom. The molecule has 1 N–H and O–H groups in total. The van der Waals surface area contributed by atoms with Gasteiger partial charge >= 0.3 is 0 Å². The number of methoxy groups -OCH3 is 1. The molecule has 0 aliphatic carbocycles. The Kier molecular flexibility index (Phi) is 4.95. The number of hydrogen-bond acceptors (Lipinski definition) is 5. The Balaban J connectivity index is 2.22. The second-order valence-electron chi connectivity index (χ2n) is 4.67. The fourth-order valence-corrected chi connectivity index (χ4v) is 2.72. The second-order valence-corrected chi connectivity index (χ2v) is 5.46. The smallest absolute Gasteiger partial charge is 0.283 e. The van der Waals surface area contributed by atoms with E-state index in [1.165, 1.54) is 4.68 Å². The fraction of sp³-hybridized carbons (Fsp3) is 0.667. The van der Waals surface area contributed by atoms with Gasteiger partial charge in [-0.25, -0.2) is 4.68 Å². The summed E-state index contributed by atoms with van der Waals surface area (Å²) in [7, 11) is 1.61. The summed E-state index contributed by atoms with van der Waals surface area (Å²) in [5.41, 5.74) is 0.757. The number of aromatic nitrogens is 2. The van der Waals surface area contributed by atoms with Gasteiger partial charge in [-0.15, -0.1) is 0 Å². The normalized spacial score (nSPS) is 19.7. The average molecular weight is 331 g/mol. The Hall–Kier alpha value is -0.920. The molecule has 1 aromatic heterocycles. The number of halogens is 1. The lowest BCUT2D eigenvalue weighted by Gasteiger charge is -2.33. The first-order chi connectivity index (χ1) is 9.13. The van der Waals surface area contributed by atoms with Crippen LogP contribution in [0.5, 0.6) is 0 Å². The molecule has 1 aliphatic rings. The van der Waals surface area contributed by atoms with Gasteiger partial charge in [0, 0.05) is 32.8 Å². The minimum Gasteiger partial charge on any atom is -0.383 e. The third kappa shape index (κ3) is 3.34. The van der Waals surface area contributed by atoms with Crippen LogP contribution in [0.15, 0.2) is 15.5 Å². The van der Waals surface area contributed by atoms with E-state index in [2.05, 4.69) is 38.2 Å². The Labute approximate surface area is 120 Å². The van der Waals surface area contributed by atoms with Crippen molar-refractivity contribution < 1.29 is 4.74 Å². The van der Waals surface area contributed by atoms with Crippen LogP contribution in [0, 0.1) is 0 Å². The monoisotopic (exact) mass is 330 g/mol. The highest BCUT2D eigenvalue weighted by Gasteiger charge is 2.20. The summed E-state index contributed by atoms with van der Waals surface area (Å²) >= 11 is 3.40. The highest BCUT2D eigenvalue weighted by Crippen LogP contribution is 2.22. The van der Waals surface area contributed by atoms with Gasteiger partial charge in [-0.2, -0.15) is 5.10 Å². The third-order valence-corrected chi connectivity index (χ3v) is 3.93. The molecule has 7 heteroatoms. The number of rotatable bonds is 4. The van der Waals surface area contributed by atoms with E-state index in [9.17, 15) is 4.79 Å². The second kappa shape index (κ2) is 6.49. The molecule has 106 valence electrons. The number of hydrogen-bond donors (Lipinski definition) is 1. The van der Waals surface area contributed by atoms with Crippen LogP contribution in [0.4, 0.5) is 5.69 Å². The van der Waals surface area contributed by atoms with E-state index < -0.39 is 0 Å². The largest absolute Gasteiger partial charge is 0.383 e. The molecule has 1 aliphatic heterocycles. The number of nitrogens with zero attached hydrogens (tertiary/aromatic N) is 3. The average Bonchev–Trinajstić information content (AvgIpc) is 2.40. The van der Waals surface area contributed by atoms with Gasteiger partial charge in [0.1, 0.15) is 4.47 Å².